The van der Waals surface area contributed by atoms with E-state index in [-0.39, 0.29) is 35.2 Å². The predicted molar refractivity (Wildman–Crippen MR) is 116 cm³/mol. The first kappa shape index (κ1) is 21.8. The van der Waals surface area contributed by atoms with E-state index in [4.69, 9.17) is 4.74 Å². The fourth-order valence-electron chi connectivity index (χ4n) is 4.79. The second-order valence-electron chi connectivity index (χ2n) is 9.96. The summed E-state index contributed by atoms with van der Waals surface area (Å²) in [6, 6.07) is 13.0. The number of hydrogen-bond donors (Lipinski definition) is 1. The first-order valence-electron chi connectivity index (χ1n) is 10.9. The average molecular weight is 429 g/mol. The highest BCUT2D eigenvalue weighted by Gasteiger charge is 2.50. The highest BCUT2D eigenvalue weighted by atomic mass is 19.1. The van der Waals surface area contributed by atoms with Crippen LogP contribution in [-0.2, 0) is 4.74 Å². The van der Waals surface area contributed by atoms with Crippen molar-refractivity contribution in [3.63, 3.8) is 0 Å². The highest BCUT2D eigenvalue weighted by molar-refractivity contribution is 5.68. The van der Waals surface area contributed by atoms with Crippen LogP contribution in [0.5, 0.6) is 0 Å². The molecule has 0 atom stereocenters. The smallest absolute Gasteiger partial charge is 0.410 e. The van der Waals surface area contributed by atoms with E-state index in [2.05, 4.69) is 5.32 Å². The Hall–Kier alpha value is -2.47. The molecule has 2 aliphatic rings. The average Bonchev–Trinajstić information content (AvgIpc) is 3.12. The van der Waals surface area contributed by atoms with Crippen molar-refractivity contribution in [1.82, 2.24) is 10.2 Å². The van der Waals surface area contributed by atoms with Crippen LogP contribution in [0.1, 0.15) is 57.2 Å². The Kier molecular flexibility index (Phi) is 5.77. The number of hydrogen-bond acceptors (Lipinski definition) is 3. The van der Waals surface area contributed by atoms with E-state index in [1.807, 2.05) is 25.7 Å². The van der Waals surface area contributed by atoms with Gasteiger partial charge < -0.3 is 15.0 Å². The van der Waals surface area contributed by atoms with Gasteiger partial charge in [0.1, 0.15) is 17.2 Å². The van der Waals surface area contributed by atoms with Gasteiger partial charge in [0.05, 0.1) is 6.04 Å². The Morgan fingerprint density at radius 1 is 1.03 bits per heavy atom. The molecule has 31 heavy (non-hydrogen) atoms. The summed E-state index contributed by atoms with van der Waals surface area (Å²) in [4.78, 5) is 14.2. The SMILES string of the molecule is CC(C)(C)OC(=O)N1CCC2(CC(NC(c3ccc(F)cc3)c3ccc(F)cc3)C2)C1. The molecule has 0 bridgehead atoms. The summed E-state index contributed by atoms with van der Waals surface area (Å²) < 4.78 is 32.4. The van der Waals surface area contributed by atoms with Crippen LogP contribution in [0.15, 0.2) is 48.5 Å². The minimum absolute atomic E-state index is 0.130. The van der Waals surface area contributed by atoms with Gasteiger partial charge in [-0.3, -0.25) is 0 Å². The van der Waals surface area contributed by atoms with Gasteiger partial charge in [-0.2, -0.15) is 0 Å². The van der Waals surface area contributed by atoms with E-state index < -0.39 is 5.60 Å². The Morgan fingerprint density at radius 3 is 2.03 bits per heavy atom. The molecule has 4 nitrogen and oxygen atoms in total. The zero-order valence-corrected chi connectivity index (χ0v) is 18.3. The van der Waals surface area contributed by atoms with Crippen LogP contribution in [-0.4, -0.2) is 35.7 Å². The van der Waals surface area contributed by atoms with Gasteiger partial charge >= 0.3 is 6.09 Å². The normalized spacial score (nSPS) is 23.3. The molecule has 1 aliphatic carbocycles. The van der Waals surface area contributed by atoms with Crippen LogP contribution < -0.4 is 5.32 Å². The van der Waals surface area contributed by atoms with E-state index in [0.29, 0.717) is 0 Å². The number of nitrogens with zero attached hydrogens (tertiary/aromatic N) is 1. The molecule has 1 aliphatic heterocycles. The lowest BCUT2D eigenvalue weighted by Gasteiger charge is -2.47. The maximum absolute atomic E-state index is 13.4. The van der Waals surface area contributed by atoms with Crippen molar-refractivity contribution in [1.29, 1.82) is 0 Å². The fourth-order valence-corrected chi connectivity index (χ4v) is 4.79. The molecule has 6 heteroatoms. The van der Waals surface area contributed by atoms with E-state index in [0.717, 1.165) is 43.5 Å². The van der Waals surface area contributed by atoms with Gasteiger partial charge in [-0.15, -0.1) is 0 Å². The fraction of sp³-hybridized carbons (Fsp3) is 0.480. The van der Waals surface area contributed by atoms with Crippen molar-refractivity contribution in [2.24, 2.45) is 5.41 Å². The summed E-state index contributed by atoms with van der Waals surface area (Å²) in [5.41, 5.74) is 1.52. The first-order valence-corrected chi connectivity index (χ1v) is 10.9. The van der Waals surface area contributed by atoms with Crippen LogP contribution >= 0.6 is 0 Å². The second kappa shape index (κ2) is 8.23. The Labute approximate surface area is 182 Å². The van der Waals surface area contributed by atoms with Crippen molar-refractivity contribution >= 4 is 6.09 Å². The lowest BCUT2D eigenvalue weighted by Crippen LogP contribution is -2.51. The number of carbonyl (C=O) groups excluding carboxylic acids is 1. The summed E-state index contributed by atoms with van der Waals surface area (Å²) in [7, 11) is 0. The van der Waals surface area contributed by atoms with Gasteiger partial charge in [0, 0.05) is 19.1 Å². The van der Waals surface area contributed by atoms with Crippen molar-refractivity contribution in [3.05, 3.63) is 71.3 Å². The number of benzene rings is 2. The van der Waals surface area contributed by atoms with E-state index in [1.54, 1.807) is 24.3 Å². The molecule has 1 amide bonds. The molecule has 2 aromatic rings. The van der Waals surface area contributed by atoms with E-state index in [1.165, 1.54) is 24.3 Å². The van der Waals surface area contributed by atoms with Gasteiger partial charge in [0.25, 0.3) is 0 Å². The molecule has 0 aromatic heterocycles. The third-order valence-corrected chi connectivity index (χ3v) is 6.26. The molecule has 1 saturated heterocycles. The number of halogens is 2. The zero-order chi connectivity index (χ0) is 22.2. The molecule has 2 fully saturated rings. The van der Waals surface area contributed by atoms with Crippen molar-refractivity contribution < 1.29 is 18.3 Å². The van der Waals surface area contributed by atoms with Gasteiger partial charge in [-0.05, 0) is 80.8 Å². The third kappa shape index (κ3) is 5.06. The number of carbonyl (C=O) groups is 1. The van der Waals surface area contributed by atoms with Crippen LogP contribution in [0.2, 0.25) is 0 Å². The first-order chi connectivity index (χ1) is 14.6. The van der Waals surface area contributed by atoms with Crippen molar-refractivity contribution in [2.45, 2.75) is 57.7 Å². The number of nitrogens with one attached hydrogen (secondary N) is 1. The Bertz CT molecular complexity index is 871. The monoisotopic (exact) mass is 428 g/mol. The molecule has 2 aromatic carbocycles. The molecule has 0 unspecified atom stereocenters. The largest absolute Gasteiger partial charge is 0.444 e. The molecule has 1 saturated carbocycles. The maximum Gasteiger partial charge on any atom is 0.410 e. The number of rotatable bonds is 4. The standard InChI is InChI=1S/C25H30F2N2O2/c1-24(2,3)31-23(30)29-13-12-25(16-29)14-21(15-25)28-22(17-4-8-19(26)9-5-17)18-6-10-20(27)11-7-18/h4-11,21-22,28H,12-16H2,1-3H3. The molecule has 4 rings (SSSR count). The van der Waals surface area contributed by atoms with E-state index >= 15 is 0 Å². The van der Waals surface area contributed by atoms with Crippen molar-refractivity contribution in [3.8, 4) is 0 Å². The Morgan fingerprint density at radius 2 is 1.55 bits per heavy atom. The zero-order valence-electron chi connectivity index (χ0n) is 18.3. The quantitative estimate of drug-likeness (QED) is 0.706. The van der Waals surface area contributed by atoms with Crippen LogP contribution in [0.4, 0.5) is 13.6 Å². The van der Waals surface area contributed by atoms with Gasteiger partial charge in [-0.1, -0.05) is 24.3 Å². The predicted octanol–water partition coefficient (Wildman–Crippen LogP) is 5.43. The molecule has 1 spiro atoms. The minimum atomic E-state index is -0.492. The molecule has 166 valence electrons. The topological polar surface area (TPSA) is 41.6 Å². The second-order valence-corrected chi connectivity index (χ2v) is 9.96. The Balaban J connectivity index is 1.41. The summed E-state index contributed by atoms with van der Waals surface area (Å²) in [6.45, 7) is 7.08. The summed E-state index contributed by atoms with van der Waals surface area (Å²) in [5.74, 6) is -0.560. The molecule has 1 N–H and O–H groups in total. The van der Waals surface area contributed by atoms with Gasteiger partial charge in [0.2, 0.25) is 0 Å². The van der Waals surface area contributed by atoms with Crippen LogP contribution in [0.3, 0.4) is 0 Å². The summed E-state index contributed by atoms with van der Waals surface area (Å²) in [6.07, 6.45) is 2.66. The van der Waals surface area contributed by atoms with Gasteiger partial charge in [-0.25, -0.2) is 13.6 Å². The highest BCUT2D eigenvalue weighted by Crippen LogP contribution is 2.49. The number of amides is 1. The lowest BCUT2D eigenvalue weighted by molar-refractivity contribution is 0.0214. The maximum atomic E-state index is 13.4. The third-order valence-electron chi connectivity index (χ3n) is 6.26. The van der Waals surface area contributed by atoms with Crippen LogP contribution in [0, 0.1) is 17.0 Å². The lowest BCUT2D eigenvalue weighted by atomic mass is 9.64. The number of ether oxygens (including phenoxy) is 1. The molecular formula is C25H30F2N2O2. The minimum Gasteiger partial charge on any atom is -0.444 e. The summed E-state index contributed by atoms with van der Waals surface area (Å²) >= 11 is 0. The van der Waals surface area contributed by atoms with Gasteiger partial charge in [0.15, 0.2) is 0 Å². The summed E-state index contributed by atoms with van der Waals surface area (Å²) in [5, 5.41) is 3.68. The van der Waals surface area contributed by atoms with Crippen molar-refractivity contribution in [2.75, 3.05) is 13.1 Å². The molecular weight excluding hydrogens is 398 g/mol. The molecule has 1 heterocycles. The van der Waals surface area contributed by atoms with E-state index in [9.17, 15) is 13.6 Å². The van der Waals surface area contributed by atoms with Crippen LogP contribution in [0.25, 0.3) is 0 Å². The number of likely N-dealkylation sites (tertiary alicyclic amines) is 1. The molecule has 0 radical (unpaired) electrons.